The number of ether oxygens (including phenoxy) is 1. The van der Waals surface area contributed by atoms with Crippen LogP contribution in [0.5, 0.6) is 0 Å². The van der Waals surface area contributed by atoms with Gasteiger partial charge in [0.15, 0.2) is 0 Å². The lowest BCUT2D eigenvalue weighted by Crippen LogP contribution is -2.15. The van der Waals surface area contributed by atoms with Crippen molar-refractivity contribution >= 4 is 11.3 Å². The van der Waals surface area contributed by atoms with E-state index in [0.717, 1.165) is 36.9 Å². The first kappa shape index (κ1) is 15.9. The van der Waals surface area contributed by atoms with Crippen LogP contribution in [0.1, 0.15) is 68.1 Å². The Kier molecular flexibility index (Phi) is 6.00. The van der Waals surface area contributed by atoms with E-state index >= 15 is 0 Å². The van der Waals surface area contributed by atoms with Crippen molar-refractivity contribution in [3.8, 4) is 0 Å². The van der Waals surface area contributed by atoms with Gasteiger partial charge in [0.05, 0.1) is 5.69 Å². The highest BCUT2D eigenvalue weighted by Gasteiger charge is 2.23. The van der Waals surface area contributed by atoms with Gasteiger partial charge in [-0.3, -0.25) is 0 Å². The molecular formula is C16H28N2OS. The molecule has 0 saturated heterocycles. The van der Waals surface area contributed by atoms with Crippen molar-refractivity contribution in [3.63, 3.8) is 0 Å². The van der Waals surface area contributed by atoms with Crippen LogP contribution in [0.25, 0.3) is 0 Å². The second-order valence-corrected chi connectivity index (χ2v) is 7.30. The van der Waals surface area contributed by atoms with Gasteiger partial charge in [-0.15, -0.1) is 11.3 Å². The van der Waals surface area contributed by atoms with E-state index in [9.17, 15) is 0 Å². The highest BCUT2D eigenvalue weighted by Crippen LogP contribution is 2.31. The molecule has 20 heavy (non-hydrogen) atoms. The maximum absolute atomic E-state index is 5.62. The van der Waals surface area contributed by atoms with Crippen molar-refractivity contribution in [2.24, 2.45) is 5.92 Å². The van der Waals surface area contributed by atoms with Gasteiger partial charge < -0.3 is 10.1 Å². The molecule has 0 radical (unpaired) electrons. The summed E-state index contributed by atoms with van der Waals surface area (Å²) in [7, 11) is 1.80. The van der Waals surface area contributed by atoms with Crippen LogP contribution in [0.3, 0.4) is 0 Å². The lowest BCUT2D eigenvalue weighted by atomic mass is 10.1. The summed E-state index contributed by atoms with van der Waals surface area (Å²) in [5.41, 5.74) is 1.28. The summed E-state index contributed by atoms with van der Waals surface area (Å²) in [6.45, 7) is 7.70. The molecule has 1 saturated carbocycles. The Bertz CT molecular complexity index is 413. The monoisotopic (exact) mass is 296 g/mol. The molecule has 4 heteroatoms. The fourth-order valence-electron chi connectivity index (χ4n) is 2.35. The molecule has 0 amide bonds. The molecule has 1 aromatic heterocycles. The Morgan fingerprint density at radius 1 is 1.40 bits per heavy atom. The molecule has 0 spiro atoms. The Morgan fingerprint density at radius 3 is 2.70 bits per heavy atom. The van der Waals surface area contributed by atoms with Crippen molar-refractivity contribution in [2.75, 3.05) is 7.11 Å². The molecule has 1 aliphatic rings. The highest BCUT2D eigenvalue weighted by molar-refractivity contribution is 7.11. The second kappa shape index (κ2) is 7.53. The van der Waals surface area contributed by atoms with Crippen molar-refractivity contribution in [1.82, 2.24) is 10.3 Å². The molecule has 1 aliphatic carbocycles. The molecule has 0 aromatic carbocycles. The van der Waals surface area contributed by atoms with Crippen LogP contribution in [0.2, 0.25) is 0 Å². The number of hydrogen-bond donors (Lipinski definition) is 1. The second-order valence-electron chi connectivity index (χ2n) is 6.19. The van der Waals surface area contributed by atoms with Gasteiger partial charge in [0.2, 0.25) is 0 Å². The van der Waals surface area contributed by atoms with Gasteiger partial charge in [0.1, 0.15) is 11.1 Å². The topological polar surface area (TPSA) is 34.1 Å². The molecule has 1 unspecified atom stereocenters. The predicted octanol–water partition coefficient (Wildman–Crippen LogP) is 4.08. The van der Waals surface area contributed by atoms with Crippen LogP contribution in [0.4, 0.5) is 0 Å². The molecule has 1 heterocycles. The van der Waals surface area contributed by atoms with Gasteiger partial charge in [-0.25, -0.2) is 4.98 Å². The Hall–Kier alpha value is -0.450. The number of aromatic nitrogens is 1. The molecule has 0 bridgehead atoms. The first-order chi connectivity index (χ1) is 9.63. The minimum atomic E-state index is 0.172. The summed E-state index contributed by atoms with van der Waals surface area (Å²) in [5.74, 6) is 0.650. The van der Waals surface area contributed by atoms with Crippen LogP contribution >= 0.6 is 11.3 Å². The van der Waals surface area contributed by atoms with E-state index in [1.807, 2.05) is 11.3 Å². The van der Waals surface area contributed by atoms with Gasteiger partial charge in [-0.2, -0.15) is 0 Å². The van der Waals surface area contributed by atoms with Crippen molar-refractivity contribution in [2.45, 2.75) is 71.6 Å². The Balaban J connectivity index is 2.10. The SMILES string of the molecule is CCCC(OC)c1nc(CC(C)C)c(CNC2CC2)s1. The summed E-state index contributed by atoms with van der Waals surface area (Å²) >= 11 is 1.85. The maximum atomic E-state index is 5.62. The summed E-state index contributed by atoms with van der Waals surface area (Å²) in [4.78, 5) is 6.31. The van der Waals surface area contributed by atoms with E-state index in [-0.39, 0.29) is 6.10 Å². The minimum absolute atomic E-state index is 0.172. The maximum Gasteiger partial charge on any atom is 0.122 e. The van der Waals surface area contributed by atoms with E-state index in [4.69, 9.17) is 9.72 Å². The average molecular weight is 296 g/mol. The number of nitrogens with one attached hydrogen (secondary N) is 1. The fraction of sp³-hybridized carbons (Fsp3) is 0.812. The number of methoxy groups -OCH3 is 1. The molecule has 1 fully saturated rings. The van der Waals surface area contributed by atoms with E-state index in [0.29, 0.717) is 5.92 Å². The van der Waals surface area contributed by atoms with E-state index in [1.165, 1.54) is 23.4 Å². The first-order valence-corrected chi connectivity index (χ1v) is 8.70. The van der Waals surface area contributed by atoms with Gasteiger partial charge in [-0.05, 0) is 31.6 Å². The molecule has 1 N–H and O–H groups in total. The molecular weight excluding hydrogens is 268 g/mol. The number of hydrogen-bond acceptors (Lipinski definition) is 4. The van der Waals surface area contributed by atoms with E-state index < -0.39 is 0 Å². The number of thiazole rings is 1. The molecule has 2 rings (SSSR count). The zero-order valence-electron chi connectivity index (χ0n) is 13.2. The molecule has 1 atom stereocenters. The smallest absolute Gasteiger partial charge is 0.122 e. The molecule has 0 aliphatic heterocycles. The zero-order chi connectivity index (χ0) is 14.5. The van der Waals surface area contributed by atoms with Crippen LogP contribution in [-0.2, 0) is 17.7 Å². The van der Waals surface area contributed by atoms with Crippen LogP contribution in [-0.4, -0.2) is 18.1 Å². The van der Waals surface area contributed by atoms with E-state index in [1.54, 1.807) is 7.11 Å². The quantitative estimate of drug-likeness (QED) is 0.745. The summed E-state index contributed by atoms with van der Waals surface area (Å²) in [6, 6.07) is 0.751. The van der Waals surface area contributed by atoms with Crippen molar-refractivity contribution < 1.29 is 4.74 Å². The van der Waals surface area contributed by atoms with Gasteiger partial charge in [0, 0.05) is 24.6 Å². The lowest BCUT2D eigenvalue weighted by molar-refractivity contribution is 0.0946. The minimum Gasteiger partial charge on any atom is -0.374 e. The van der Waals surface area contributed by atoms with Crippen LogP contribution < -0.4 is 5.32 Å². The predicted molar refractivity (Wildman–Crippen MR) is 85.2 cm³/mol. The Morgan fingerprint density at radius 2 is 2.15 bits per heavy atom. The number of nitrogens with zero attached hydrogens (tertiary/aromatic N) is 1. The average Bonchev–Trinajstić information content (AvgIpc) is 3.15. The molecule has 114 valence electrons. The third-order valence-corrected chi connectivity index (χ3v) is 4.83. The summed E-state index contributed by atoms with van der Waals surface area (Å²) in [5, 5.41) is 4.78. The van der Waals surface area contributed by atoms with Crippen molar-refractivity contribution in [3.05, 3.63) is 15.6 Å². The third kappa shape index (κ3) is 4.54. The van der Waals surface area contributed by atoms with E-state index in [2.05, 4.69) is 26.1 Å². The molecule has 1 aromatic rings. The van der Waals surface area contributed by atoms with Gasteiger partial charge >= 0.3 is 0 Å². The largest absolute Gasteiger partial charge is 0.374 e. The highest BCUT2D eigenvalue weighted by atomic mass is 32.1. The van der Waals surface area contributed by atoms with Crippen molar-refractivity contribution in [1.29, 1.82) is 0 Å². The first-order valence-electron chi connectivity index (χ1n) is 7.88. The zero-order valence-corrected chi connectivity index (χ0v) is 14.1. The van der Waals surface area contributed by atoms with Crippen LogP contribution in [0.15, 0.2) is 0 Å². The normalized spacial score (nSPS) is 16.9. The summed E-state index contributed by atoms with van der Waals surface area (Å²) in [6.07, 6.45) is 6.10. The Labute approximate surface area is 127 Å². The molecule has 3 nitrogen and oxygen atoms in total. The number of rotatable bonds is 9. The standard InChI is InChI=1S/C16H28N2OS/c1-5-6-14(19-4)16-18-13(9-11(2)3)15(20-16)10-17-12-7-8-12/h11-12,14,17H,5-10H2,1-4H3. The third-order valence-electron chi connectivity index (χ3n) is 3.64. The van der Waals surface area contributed by atoms with Crippen LogP contribution in [0, 0.1) is 5.92 Å². The lowest BCUT2D eigenvalue weighted by Gasteiger charge is -2.10. The van der Waals surface area contributed by atoms with Gasteiger partial charge in [0.25, 0.3) is 0 Å². The fourth-order valence-corrected chi connectivity index (χ4v) is 3.51. The summed E-state index contributed by atoms with van der Waals surface area (Å²) < 4.78 is 5.62. The van der Waals surface area contributed by atoms with Gasteiger partial charge in [-0.1, -0.05) is 27.2 Å².